The molecule has 0 radical (unpaired) electrons. The SMILES string of the molecule is COC(c1ccc2[nH]c(=O)oc2c1)C(F)(F)F. The van der Waals surface area contributed by atoms with Crippen molar-refractivity contribution in [3.8, 4) is 0 Å². The van der Waals surface area contributed by atoms with Crippen LogP contribution in [-0.4, -0.2) is 18.3 Å². The molecule has 92 valence electrons. The number of rotatable bonds is 2. The highest BCUT2D eigenvalue weighted by molar-refractivity contribution is 5.72. The summed E-state index contributed by atoms with van der Waals surface area (Å²) in [7, 11) is 0.968. The highest BCUT2D eigenvalue weighted by Gasteiger charge is 2.41. The van der Waals surface area contributed by atoms with E-state index < -0.39 is 18.0 Å². The summed E-state index contributed by atoms with van der Waals surface area (Å²) in [5, 5.41) is 0. The summed E-state index contributed by atoms with van der Waals surface area (Å²) in [6.07, 6.45) is -6.55. The standard InChI is InChI=1S/C10H8F3NO3/c1-16-8(10(11,12)13)5-2-3-6-7(4-5)17-9(15)14-6/h2-4,8H,1H3,(H,14,15). The summed E-state index contributed by atoms with van der Waals surface area (Å²) < 4.78 is 46.8. The number of hydrogen-bond acceptors (Lipinski definition) is 3. The predicted octanol–water partition coefficient (Wildman–Crippen LogP) is 2.37. The first-order valence-corrected chi connectivity index (χ1v) is 4.64. The third-order valence-electron chi connectivity index (χ3n) is 2.28. The lowest BCUT2D eigenvalue weighted by molar-refractivity contribution is -0.215. The third-order valence-corrected chi connectivity index (χ3v) is 2.28. The van der Waals surface area contributed by atoms with Crippen LogP contribution in [0.3, 0.4) is 0 Å². The molecule has 0 aliphatic rings. The van der Waals surface area contributed by atoms with Gasteiger partial charge in [0.2, 0.25) is 0 Å². The van der Waals surface area contributed by atoms with Gasteiger partial charge in [0, 0.05) is 7.11 Å². The van der Waals surface area contributed by atoms with Crippen molar-refractivity contribution in [1.29, 1.82) is 0 Å². The Labute approximate surface area is 93.0 Å². The fraction of sp³-hybridized carbons (Fsp3) is 0.300. The van der Waals surface area contributed by atoms with Gasteiger partial charge in [0.15, 0.2) is 11.7 Å². The van der Waals surface area contributed by atoms with Gasteiger partial charge in [-0.3, -0.25) is 4.98 Å². The number of fused-ring (bicyclic) bond motifs is 1. The topological polar surface area (TPSA) is 55.2 Å². The van der Waals surface area contributed by atoms with Crippen molar-refractivity contribution in [3.05, 3.63) is 34.3 Å². The van der Waals surface area contributed by atoms with Crippen LogP contribution in [0.2, 0.25) is 0 Å². The van der Waals surface area contributed by atoms with E-state index in [1.54, 1.807) is 0 Å². The largest absolute Gasteiger partial charge is 0.418 e. The number of ether oxygens (including phenoxy) is 1. The number of hydrogen-bond donors (Lipinski definition) is 1. The molecule has 1 unspecified atom stereocenters. The maximum Gasteiger partial charge on any atom is 0.418 e. The number of nitrogens with one attached hydrogen (secondary N) is 1. The van der Waals surface area contributed by atoms with Crippen LogP contribution in [0.5, 0.6) is 0 Å². The average Bonchev–Trinajstić information content (AvgIpc) is 2.56. The molecule has 1 aromatic carbocycles. The number of halogens is 3. The molecular formula is C10H8F3NO3. The molecule has 0 amide bonds. The third kappa shape index (κ3) is 2.19. The molecule has 0 spiro atoms. The number of oxazole rings is 1. The van der Waals surface area contributed by atoms with Crippen LogP contribution in [-0.2, 0) is 4.74 Å². The van der Waals surface area contributed by atoms with Crippen molar-refractivity contribution in [3.63, 3.8) is 0 Å². The van der Waals surface area contributed by atoms with Gasteiger partial charge < -0.3 is 9.15 Å². The molecule has 1 N–H and O–H groups in total. The lowest BCUT2D eigenvalue weighted by atomic mass is 10.1. The maximum atomic E-state index is 12.6. The van der Waals surface area contributed by atoms with Crippen LogP contribution in [0, 0.1) is 0 Å². The molecule has 2 aromatic rings. The van der Waals surface area contributed by atoms with Crippen molar-refractivity contribution in [1.82, 2.24) is 4.98 Å². The van der Waals surface area contributed by atoms with E-state index in [2.05, 4.69) is 14.1 Å². The van der Waals surface area contributed by atoms with Crippen LogP contribution in [0.1, 0.15) is 11.7 Å². The molecule has 4 nitrogen and oxygen atoms in total. The zero-order valence-corrected chi connectivity index (χ0v) is 8.67. The van der Waals surface area contributed by atoms with Gasteiger partial charge in [-0.15, -0.1) is 0 Å². The molecule has 17 heavy (non-hydrogen) atoms. The number of benzene rings is 1. The molecule has 0 fully saturated rings. The van der Waals surface area contributed by atoms with Crippen molar-refractivity contribution in [2.75, 3.05) is 7.11 Å². The molecule has 0 aliphatic heterocycles. The van der Waals surface area contributed by atoms with Crippen molar-refractivity contribution >= 4 is 11.1 Å². The minimum Gasteiger partial charge on any atom is -0.408 e. The van der Waals surface area contributed by atoms with Crippen molar-refractivity contribution < 1.29 is 22.3 Å². The Morgan fingerprint density at radius 3 is 2.71 bits per heavy atom. The Balaban J connectivity index is 2.51. The van der Waals surface area contributed by atoms with Crippen LogP contribution in [0.15, 0.2) is 27.4 Å². The van der Waals surface area contributed by atoms with E-state index in [9.17, 15) is 18.0 Å². The summed E-state index contributed by atoms with van der Waals surface area (Å²) in [6, 6.07) is 3.71. The van der Waals surface area contributed by atoms with E-state index in [1.165, 1.54) is 12.1 Å². The van der Waals surface area contributed by atoms with E-state index in [4.69, 9.17) is 0 Å². The van der Waals surface area contributed by atoms with Gasteiger partial charge in [-0.05, 0) is 17.7 Å². The first-order valence-electron chi connectivity index (χ1n) is 4.64. The normalized spacial score (nSPS) is 14.1. The molecule has 1 aromatic heterocycles. The fourth-order valence-electron chi connectivity index (χ4n) is 1.58. The molecule has 2 rings (SSSR count). The van der Waals surface area contributed by atoms with Gasteiger partial charge in [-0.1, -0.05) is 6.07 Å². The number of aromatic nitrogens is 1. The Morgan fingerprint density at radius 2 is 2.12 bits per heavy atom. The molecule has 0 saturated heterocycles. The smallest absolute Gasteiger partial charge is 0.408 e. The monoisotopic (exact) mass is 247 g/mol. The molecule has 0 saturated carbocycles. The molecular weight excluding hydrogens is 239 g/mol. The van der Waals surface area contributed by atoms with E-state index in [0.717, 1.165) is 13.2 Å². The van der Waals surface area contributed by atoms with Crippen molar-refractivity contribution in [2.24, 2.45) is 0 Å². The number of methoxy groups -OCH3 is 1. The first kappa shape index (κ1) is 11.7. The summed E-state index contributed by atoms with van der Waals surface area (Å²) in [6.45, 7) is 0. The lowest BCUT2D eigenvalue weighted by Crippen LogP contribution is -2.22. The Morgan fingerprint density at radius 1 is 1.41 bits per heavy atom. The second kappa shape index (κ2) is 3.92. The minimum absolute atomic E-state index is 0.0683. The first-order chi connectivity index (χ1) is 7.91. The summed E-state index contributed by atoms with van der Waals surface area (Å²) in [5.41, 5.74) is 0.296. The number of aromatic amines is 1. The maximum absolute atomic E-state index is 12.6. The zero-order valence-electron chi connectivity index (χ0n) is 8.67. The Bertz CT molecular complexity index is 584. The van der Waals surface area contributed by atoms with E-state index in [-0.39, 0.29) is 11.1 Å². The van der Waals surface area contributed by atoms with Crippen molar-refractivity contribution in [2.45, 2.75) is 12.3 Å². The second-order valence-corrected chi connectivity index (χ2v) is 3.43. The van der Waals surface area contributed by atoms with Crippen LogP contribution in [0.4, 0.5) is 13.2 Å². The second-order valence-electron chi connectivity index (χ2n) is 3.43. The van der Waals surface area contributed by atoms with Crippen LogP contribution >= 0.6 is 0 Å². The van der Waals surface area contributed by atoms with Gasteiger partial charge in [0.05, 0.1) is 5.52 Å². The van der Waals surface area contributed by atoms with Gasteiger partial charge in [-0.2, -0.15) is 13.2 Å². The Kier molecular flexibility index (Phi) is 2.70. The summed E-state index contributed by atoms with van der Waals surface area (Å²) in [5.74, 6) is -0.710. The van der Waals surface area contributed by atoms with Gasteiger partial charge in [0.1, 0.15) is 0 Å². The highest BCUT2D eigenvalue weighted by Crippen LogP contribution is 2.35. The predicted molar refractivity (Wildman–Crippen MR) is 52.6 cm³/mol. The lowest BCUT2D eigenvalue weighted by Gasteiger charge is -2.18. The summed E-state index contributed by atoms with van der Waals surface area (Å²) >= 11 is 0. The minimum atomic E-state index is -4.51. The molecule has 1 heterocycles. The highest BCUT2D eigenvalue weighted by atomic mass is 19.4. The molecule has 7 heteroatoms. The zero-order chi connectivity index (χ0) is 12.6. The van der Waals surface area contributed by atoms with E-state index in [0.29, 0.717) is 5.52 Å². The Hall–Kier alpha value is -1.76. The van der Waals surface area contributed by atoms with Gasteiger partial charge >= 0.3 is 11.9 Å². The van der Waals surface area contributed by atoms with Crippen LogP contribution < -0.4 is 5.76 Å². The van der Waals surface area contributed by atoms with Gasteiger partial charge in [-0.25, -0.2) is 4.79 Å². The number of alkyl halides is 3. The summed E-state index contributed by atoms with van der Waals surface area (Å²) in [4.78, 5) is 13.2. The molecule has 0 bridgehead atoms. The van der Waals surface area contributed by atoms with Gasteiger partial charge in [0.25, 0.3) is 0 Å². The molecule has 0 aliphatic carbocycles. The van der Waals surface area contributed by atoms with E-state index in [1.807, 2.05) is 0 Å². The quantitative estimate of drug-likeness (QED) is 0.886. The fourth-order valence-corrected chi connectivity index (χ4v) is 1.58. The van der Waals surface area contributed by atoms with Crippen LogP contribution in [0.25, 0.3) is 11.1 Å². The number of H-pyrrole nitrogens is 1. The molecule has 1 atom stereocenters. The van der Waals surface area contributed by atoms with E-state index >= 15 is 0 Å². The average molecular weight is 247 g/mol.